The Labute approximate surface area is 177 Å². The zero-order valence-corrected chi connectivity index (χ0v) is 17.6. The minimum atomic E-state index is -0.276. The van der Waals surface area contributed by atoms with Crippen LogP contribution in [0.15, 0.2) is 30.3 Å². The van der Waals surface area contributed by atoms with Gasteiger partial charge in [0, 0.05) is 30.7 Å². The zero-order chi connectivity index (χ0) is 21.3. The van der Waals surface area contributed by atoms with Crippen molar-refractivity contribution in [3.05, 3.63) is 30.3 Å². The lowest BCUT2D eigenvalue weighted by Crippen LogP contribution is -2.49. The number of benzene rings is 1. The van der Waals surface area contributed by atoms with Crippen molar-refractivity contribution in [2.24, 2.45) is 5.92 Å². The first kappa shape index (κ1) is 22.1. The summed E-state index contributed by atoms with van der Waals surface area (Å²) in [6, 6.07) is 9.58. The molecule has 0 spiro atoms. The molecule has 1 aromatic rings. The van der Waals surface area contributed by atoms with Gasteiger partial charge >= 0.3 is 6.09 Å². The number of ether oxygens (including phenoxy) is 1. The second-order valence-corrected chi connectivity index (χ2v) is 7.93. The Balaban J connectivity index is 1.33. The number of nitrogens with zero attached hydrogens (tertiary/aromatic N) is 2. The predicted octanol–water partition coefficient (Wildman–Crippen LogP) is 2.07. The van der Waals surface area contributed by atoms with Gasteiger partial charge in [0.25, 0.3) is 0 Å². The van der Waals surface area contributed by atoms with E-state index in [2.05, 4.69) is 15.5 Å². The van der Waals surface area contributed by atoms with Crippen molar-refractivity contribution >= 4 is 23.6 Å². The molecule has 0 aromatic heterocycles. The van der Waals surface area contributed by atoms with Gasteiger partial charge in [-0.15, -0.1) is 0 Å². The minimum absolute atomic E-state index is 0.0109. The van der Waals surface area contributed by atoms with Crippen LogP contribution in [0.2, 0.25) is 0 Å². The van der Waals surface area contributed by atoms with Crippen molar-refractivity contribution in [1.29, 1.82) is 0 Å². The standard InChI is InChI=1S/C22H32N4O4/c1-2-30-22(29)26-14-10-19(11-15-26)23-20(27)16-25-12-8-17(9-13-25)21(28)24-18-6-4-3-5-7-18/h3-7,17,19H,2,8-16H2,1H3,(H,23,27)(H,24,28). The summed E-state index contributed by atoms with van der Waals surface area (Å²) >= 11 is 0. The number of likely N-dealkylation sites (tertiary alicyclic amines) is 2. The van der Waals surface area contributed by atoms with Gasteiger partial charge in [-0.25, -0.2) is 4.79 Å². The average Bonchev–Trinajstić information content (AvgIpc) is 2.75. The number of hydrogen-bond acceptors (Lipinski definition) is 5. The molecule has 1 aromatic carbocycles. The van der Waals surface area contributed by atoms with Crippen LogP contribution in [-0.4, -0.2) is 73.1 Å². The van der Waals surface area contributed by atoms with Crippen LogP contribution in [0.4, 0.5) is 10.5 Å². The number of carbonyl (C=O) groups is 3. The highest BCUT2D eigenvalue weighted by atomic mass is 16.6. The number of anilines is 1. The van der Waals surface area contributed by atoms with E-state index in [9.17, 15) is 14.4 Å². The largest absolute Gasteiger partial charge is 0.450 e. The van der Waals surface area contributed by atoms with Gasteiger partial charge in [0.2, 0.25) is 11.8 Å². The molecule has 0 saturated carbocycles. The molecule has 30 heavy (non-hydrogen) atoms. The van der Waals surface area contributed by atoms with E-state index in [-0.39, 0.29) is 29.9 Å². The van der Waals surface area contributed by atoms with Crippen LogP contribution in [0.5, 0.6) is 0 Å². The third kappa shape index (κ3) is 6.45. The second-order valence-electron chi connectivity index (χ2n) is 7.93. The lowest BCUT2D eigenvalue weighted by atomic mass is 9.95. The van der Waals surface area contributed by atoms with Crippen molar-refractivity contribution in [3.63, 3.8) is 0 Å². The highest BCUT2D eigenvalue weighted by Crippen LogP contribution is 2.19. The molecular weight excluding hydrogens is 384 g/mol. The highest BCUT2D eigenvalue weighted by molar-refractivity contribution is 5.92. The van der Waals surface area contributed by atoms with E-state index in [0.717, 1.165) is 44.5 Å². The summed E-state index contributed by atoms with van der Waals surface area (Å²) in [5.74, 6) is 0.0483. The molecule has 3 amide bonds. The van der Waals surface area contributed by atoms with Gasteiger partial charge in [-0.2, -0.15) is 0 Å². The van der Waals surface area contributed by atoms with Crippen molar-refractivity contribution in [3.8, 4) is 0 Å². The quantitative estimate of drug-likeness (QED) is 0.741. The first-order valence-corrected chi connectivity index (χ1v) is 10.8. The van der Waals surface area contributed by atoms with Gasteiger partial charge in [0.05, 0.1) is 13.2 Å². The fourth-order valence-electron chi connectivity index (χ4n) is 4.02. The summed E-state index contributed by atoms with van der Waals surface area (Å²) in [6.07, 6.45) is 2.72. The lowest BCUT2D eigenvalue weighted by molar-refractivity contribution is -0.124. The Kier molecular flexibility index (Phi) is 8.07. The molecule has 0 unspecified atom stereocenters. The first-order valence-electron chi connectivity index (χ1n) is 10.8. The summed E-state index contributed by atoms with van der Waals surface area (Å²) in [6.45, 7) is 5.20. The SMILES string of the molecule is CCOC(=O)N1CCC(NC(=O)CN2CCC(C(=O)Nc3ccccc3)CC2)CC1. The maximum atomic E-state index is 12.4. The molecule has 2 aliphatic heterocycles. The van der Waals surface area contributed by atoms with Crippen LogP contribution in [0.1, 0.15) is 32.6 Å². The Morgan fingerprint density at radius 3 is 2.30 bits per heavy atom. The van der Waals surface area contributed by atoms with Crippen LogP contribution in [0, 0.1) is 5.92 Å². The van der Waals surface area contributed by atoms with Crippen molar-refractivity contribution in [2.75, 3.05) is 44.6 Å². The Morgan fingerprint density at radius 1 is 1.00 bits per heavy atom. The maximum Gasteiger partial charge on any atom is 0.409 e. The fourth-order valence-corrected chi connectivity index (χ4v) is 4.02. The Bertz CT molecular complexity index is 711. The second kappa shape index (κ2) is 11.0. The monoisotopic (exact) mass is 416 g/mol. The predicted molar refractivity (Wildman–Crippen MR) is 114 cm³/mol. The van der Waals surface area contributed by atoms with E-state index in [1.165, 1.54) is 0 Å². The van der Waals surface area contributed by atoms with Gasteiger partial charge in [-0.05, 0) is 57.8 Å². The van der Waals surface area contributed by atoms with Crippen molar-refractivity contribution in [1.82, 2.24) is 15.1 Å². The molecule has 0 aliphatic carbocycles. The molecular formula is C22H32N4O4. The summed E-state index contributed by atoms with van der Waals surface area (Å²) in [5.41, 5.74) is 0.818. The van der Waals surface area contributed by atoms with E-state index in [0.29, 0.717) is 26.2 Å². The van der Waals surface area contributed by atoms with Crippen molar-refractivity contribution < 1.29 is 19.1 Å². The molecule has 164 valence electrons. The summed E-state index contributed by atoms with van der Waals surface area (Å²) < 4.78 is 5.02. The first-order chi connectivity index (χ1) is 14.5. The third-order valence-electron chi connectivity index (χ3n) is 5.75. The molecule has 2 N–H and O–H groups in total. The van der Waals surface area contributed by atoms with Crippen LogP contribution in [0.25, 0.3) is 0 Å². The average molecular weight is 417 g/mol. The van der Waals surface area contributed by atoms with Crippen LogP contribution < -0.4 is 10.6 Å². The van der Waals surface area contributed by atoms with E-state index in [1.54, 1.807) is 11.8 Å². The van der Waals surface area contributed by atoms with E-state index in [4.69, 9.17) is 4.74 Å². The number of piperidine rings is 2. The van der Waals surface area contributed by atoms with Gasteiger partial charge < -0.3 is 20.3 Å². The number of para-hydroxylation sites is 1. The number of rotatable bonds is 6. The van der Waals surface area contributed by atoms with Crippen LogP contribution in [0.3, 0.4) is 0 Å². The normalized spacial score (nSPS) is 18.6. The number of nitrogens with one attached hydrogen (secondary N) is 2. The van der Waals surface area contributed by atoms with Crippen LogP contribution in [-0.2, 0) is 14.3 Å². The Hall–Kier alpha value is -2.61. The minimum Gasteiger partial charge on any atom is -0.450 e. The molecule has 0 atom stereocenters. The maximum absolute atomic E-state index is 12.4. The third-order valence-corrected chi connectivity index (χ3v) is 5.75. The summed E-state index contributed by atoms with van der Waals surface area (Å²) in [7, 11) is 0. The molecule has 2 aliphatic rings. The Morgan fingerprint density at radius 2 is 1.67 bits per heavy atom. The topological polar surface area (TPSA) is 91.0 Å². The number of hydrogen-bond donors (Lipinski definition) is 2. The number of amides is 3. The summed E-state index contributed by atoms with van der Waals surface area (Å²) in [4.78, 5) is 40.4. The molecule has 0 bridgehead atoms. The number of carbonyl (C=O) groups excluding carboxylic acids is 3. The molecule has 2 fully saturated rings. The van der Waals surface area contributed by atoms with E-state index < -0.39 is 0 Å². The highest BCUT2D eigenvalue weighted by Gasteiger charge is 2.28. The molecule has 2 heterocycles. The molecule has 0 radical (unpaired) electrons. The van der Waals surface area contributed by atoms with Gasteiger partial charge in [0.1, 0.15) is 0 Å². The molecule has 3 rings (SSSR count). The molecule has 8 nitrogen and oxygen atoms in total. The molecule has 8 heteroatoms. The summed E-state index contributed by atoms with van der Waals surface area (Å²) in [5, 5.41) is 6.05. The van der Waals surface area contributed by atoms with Gasteiger partial charge in [-0.1, -0.05) is 18.2 Å². The van der Waals surface area contributed by atoms with Crippen LogP contribution >= 0.6 is 0 Å². The van der Waals surface area contributed by atoms with Crippen molar-refractivity contribution in [2.45, 2.75) is 38.6 Å². The zero-order valence-electron chi connectivity index (χ0n) is 17.6. The van der Waals surface area contributed by atoms with E-state index in [1.807, 2.05) is 30.3 Å². The van der Waals surface area contributed by atoms with Gasteiger partial charge in [-0.3, -0.25) is 14.5 Å². The fraction of sp³-hybridized carbons (Fsp3) is 0.591. The molecule has 2 saturated heterocycles. The van der Waals surface area contributed by atoms with E-state index >= 15 is 0 Å². The smallest absolute Gasteiger partial charge is 0.409 e. The lowest BCUT2D eigenvalue weighted by Gasteiger charge is -2.33. The van der Waals surface area contributed by atoms with Gasteiger partial charge in [0.15, 0.2) is 0 Å².